The molecule has 0 unspecified atom stereocenters. The zero-order chi connectivity index (χ0) is 14.7. The topological polar surface area (TPSA) is 42.7 Å². The number of halogens is 1. The van der Waals surface area contributed by atoms with E-state index in [9.17, 15) is 0 Å². The van der Waals surface area contributed by atoms with Gasteiger partial charge in [0, 0.05) is 36.6 Å². The average Bonchev–Trinajstić information content (AvgIpc) is 3.09. The molecule has 3 aromatic heterocycles. The Bertz CT molecular complexity index is 717. The van der Waals surface area contributed by atoms with E-state index in [-0.39, 0.29) is 0 Å². The Morgan fingerprint density at radius 3 is 2.71 bits per heavy atom. The summed E-state index contributed by atoms with van der Waals surface area (Å²) in [6.45, 7) is 3.56. The molecule has 21 heavy (non-hydrogen) atoms. The van der Waals surface area contributed by atoms with E-state index < -0.39 is 0 Å². The molecule has 0 fully saturated rings. The van der Waals surface area contributed by atoms with Gasteiger partial charge in [0.25, 0.3) is 0 Å². The molecule has 0 saturated heterocycles. The van der Waals surface area contributed by atoms with Crippen molar-refractivity contribution in [2.75, 3.05) is 0 Å². The van der Waals surface area contributed by atoms with Crippen LogP contribution in [0.1, 0.15) is 16.3 Å². The number of aromatic nitrogens is 3. The number of rotatable bonds is 5. The lowest BCUT2D eigenvalue weighted by molar-refractivity contribution is 0.698. The number of imidazole rings is 1. The molecule has 108 valence electrons. The Labute approximate surface area is 132 Å². The number of aryl methyl sites for hydroxylation is 1. The molecule has 1 N–H and O–H groups in total. The minimum Gasteiger partial charge on any atom is -0.308 e. The van der Waals surface area contributed by atoms with Gasteiger partial charge >= 0.3 is 0 Å². The first-order chi connectivity index (χ1) is 10.2. The summed E-state index contributed by atoms with van der Waals surface area (Å²) in [6, 6.07) is 8.06. The van der Waals surface area contributed by atoms with E-state index >= 15 is 0 Å². The molecule has 0 amide bonds. The highest BCUT2D eigenvalue weighted by molar-refractivity contribution is 7.16. The third-order valence-electron chi connectivity index (χ3n) is 3.14. The van der Waals surface area contributed by atoms with Crippen LogP contribution in [-0.2, 0) is 13.1 Å². The van der Waals surface area contributed by atoms with Gasteiger partial charge in [-0.15, -0.1) is 11.3 Å². The normalized spacial score (nSPS) is 11.0. The summed E-state index contributed by atoms with van der Waals surface area (Å²) in [5, 5.41) is 3.39. The highest BCUT2D eigenvalue weighted by Crippen LogP contribution is 2.21. The fourth-order valence-corrected chi connectivity index (χ4v) is 3.12. The fraction of sp³-hybridized carbons (Fsp3) is 0.200. The van der Waals surface area contributed by atoms with Crippen LogP contribution in [0.5, 0.6) is 0 Å². The van der Waals surface area contributed by atoms with Gasteiger partial charge in [-0.2, -0.15) is 0 Å². The number of thiophene rings is 1. The molecular formula is C15H15ClN4S. The Morgan fingerprint density at radius 1 is 1.19 bits per heavy atom. The summed E-state index contributed by atoms with van der Waals surface area (Å²) in [5.41, 5.74) is 1.15. The van der Waals surface area contributed by atoms with Crippen molar-refractivity contribution in [3.8, 4) is 5.82 Å². The van der Waals surface area contributed by atoms with E-state index in [1.165, 1.54) is 4.88 Å². The minimum atomic E-state index is 0.783. The van der Waals surface area contributed by atoms with Gasteiger partial charge in [0.05, 0.1) is 4.34 Å². The number of hydrogen-bond donors (Lipinski definition) is 1. The van der Waals surface area contributed by atoms with Gasteiger partial charge in [0.15, 0.2) is 0 Å². The van der Waals surface area contributed by atoms with Crippen molar-refractivity contribution in [2.45, 2.75) is 20.0 Å². The van der Waals surface area contributed by atoms with Crippen LogP contribution in [0.4, 0.5) is 0 Å². The lowest BCUT2D eigenvalue weighted by Gasteiger charge is -2.06. The molecule has 0 aromatic carbocycles. The van der Waals surface area contributed by atoms with Crippen LogP contribution in [0, 0.1) is 6.92 Å². The minimum absolute atomic E-state index is 0.783. The van der Waals surface area contributed by atoms with Gasteiger partial charge in [-0.3, -0.25) is 4.57 Å². The van der Waals surface area contributed by atoms with E-state index in [0.717, 1.165) is 34.6 Å². The Morgan fingerprint density at radius 2 is 2.10 bits per heavy atom. The maximum Gasteiger partial charge on any atom is 0.137 e. The molecule has 4 nitrogen and oxygen atoms in total. The summed E-state index contributed by atoms with van der Waals surface area (Å²) in [4.78, 5) is 9.91. The molecular weight excluding hydrogens is 304 g/mol. The van der Waals surface area contributed by atoms with Crippen LogP contribution in [0.15, 0.2) is 42.9 Å². The summed E-state index contributed by atoms with van der Waals surface area (Å²) >= 11 is 7.51. The van der Waals surface area contributed by atoms with Gasteiger partial charge in [0.1, 0.15) is 11.6 Å². The van der Waals surface area contributed by atoms with E-state index in [4.69, 9.17) is 11.6 Å². The first kappa shape index (κ1) is 14.3. The number of nitrogens with zero attached hydrogens (tertiary/aromatic N) is 3. The molecule has 0 aliphatic carbocycles. The van der Waals surface area contributed by atoms with Crippen molar-refractivity contribution >= 4 is 22.9 Å². The summed E-state index contributed by atoms with van der Waals surface area (Å²) < 4.78 is 2.79. The standard InChI is InChI=1S/C15H15ClN4S/c1-11-18-6-7-20(11)15-5-2-12(9-19-15)8-17-10-13-3-4-14(16)21-13/h2-7,9,17H,8,10H2,1H3. The Kier molecular flexibility index (Phi) is 4.34. The smallest absolute Gasteiger partial charge is 0.137 e. The molecule has 6 heteroatoms. The summed E-state index contributed by atoms with van der Waals surface area (Å²) in [5.74, 6) is 1.82. The van der Waals surface area contributed by atoms with Gasteiger partial charge < -0.3 is 5.32 Å². The molecule has 0 aliphatic rings. The molecule has 3 aromatic rings. The first-order valence-corrected chi connectivity index (χ1v) is 7.82. The van der Waals surface area contributed by atoms with E-state index in [2.05, 4.69) is 21.4 Å². The monoisotopic (exact) mass is 318 g/mol. The van der Waals surface area contributed by atoms with Crippen molar-refractivity contribution in [1.82, 2.24) is 19.9 Å². The van der Waals surface area contributed by atoms with Gasteiger partial charge in [0.2, 0.25) is 0 Å². The van der Waals surface area contributed by atoms with Gasteiger partial charge in [-0.25, -0.2) is 9.97 Å². The number of nitrogens with one attached hydrogen (secondary N) is 1. The third kappa shape index (κ3) is 3.50. The van der Waals surface area contributed by atoms with Crippen LogP contribution in [0.25, 0.3) is 5.82 Å². The van der Waals surface area contributed by atoms with E-state index in [1.54, 1.807) is 17.5 Å². The zero-order valence-electron chi connectivity index (χ0n) is 11.6. The van der Waals surface area contributed by atoms with Crippen molar-refractivity contribution in [3.63, 3.8) is 0 Å². The second-order valence-corrected chi connectivity index (χ2v) is 6.48. The quantitative estimate of drug-likeness (QED) is 0.782. The summed E-state index contributed by atoms with van der Waals surface area (Å²) in [6.07, 6.45) is 5.58. The van der Waals surface area contributed by atoms with Crippen molar-refractivity contribution in [1.29, 1.82) is 0 Å². The number of pyridine rings is 1. The maximum absolute atomic E-state index is 5.91. The molecule has 0 bridgehead atoms. The molecule has 0 atom stereocenters. The third-order valence-corrected chi connectivity index (χ3v) is 4.37. The predicted octanol–water partition coefficient (Wildman–Crippen LogP) is 3.58. The van der Waals surface area contributed by atoms with Crippen molar-refractivity contribution < 1.29 is 0 Å². The van der Waals surface area contributed by atoms with E-state index in [1.807, 2.05) is 42.1 Å². The van der Waals surface area contributed by atoms with Crippen molar-refractivity contribution in [3.05, 3.63) is 63.5 Å². The molecule has 3 rings (SSSR count). The SMILES string of the molecule is Cc1nccn1-c1ccc(CNCc2ccc(Cl)s2)cn1. The van der Waals surface area contributed by atoms with Crippen LogP contribution < -0.4 is 5.32 Å². The lowest BCUT2D eigenvalue weighted by Crippen LogP contribution is -2.12. The molecule has 0 aliphatic heterocycles. The molecule has 3 heterocycles. The van der Waals surface area contributed by atoms with Crippen LogP contribution in [0.3, 0.4) is 0 Å². The number of hydrogen-bond acceptors (Lipinski definition) is 4. The highest BCUT2D eigenvalue weighted by atomic mass is 35.5. The van der Waals surface area contributed by atoms with Crippen molar-refractivity contribution in [2.24, 2.45) is 0 Å². The second kappa shape index (κ2) is 6.39. The molecule has 0 radical (unpaired) electrons. The Hall–Kier alpha value is -1.69. The van der Waals surface area contributed by atoms with Crippen LogP contribution in [-0.4, -0.2) is 14.5 Å². The molecule has 0 spiro atoms. The zero-order valence-corrected chi connectivity index (χ0v) is 13.2. The first-order valence-electron chi connectivity index (χ1n) is 6.62. The van der Waals surface area contributed by atoms with E-state index in [0.29, 0.717) is 0 Å². The summed E-state index contributed by atoms with van der Waals surface area (Å²) in [7, 11) is 0. The van der Waals surface area contributed by atoms with Crippen LogP contribution in [0.2, 0.25) is 4.34 Å². The maximum atomic E-state index is 5.91. The second-order valence-electron chi connectivity index (χ2n) is 4.68. The largest absolute Gasteiger partial charge is 0.308 e. The van der Waals surface area contributed by atoms with Gasteiger partial charge in [-0.1, -0.05) is 17.7 Å². The van der Waals surface area contributed by atoms with Crippen LogP contribution >= 0.6 is 22.9 Å². The predicted molar refractivity (Wildman–Crippen MR) is 86.0 cm³/mol. The van der Waals surface area contributed by atoms with Gasteiger partial charge in [-0.05, 0) is 30.7 Å². The fourth-order valence-electron chi connectivity index (χ4n) is 2.06. The highest BCUT2D eigenvalue weighted by Gasteiger charge is 2.02. The Balaban J connectivity index is 1.58. The molecule has 0 saturated carbocycles. The average molecular weight is 319 g/mol. The lowest BCUT2D eigenvalue weighted by atomic mass is 10.3.